The van der Waals surface area contributed by atoms with Crippen molar-refractivity contribution in [2.24, 2.45) is 0 Å². The largest absolute Gasteiger partial charge is 0.490 e. The summed E-state index contributed by atoms with van der Waals surface area (Å²) in [4.78, 5) is 14.1. The van der Waals surface area contributed by atoms with Crippen molar-refractivity contribution in [1.82, 2.24) is 0 Å². The van der Waals surface area contributed by atoms with Gasteiger partial charge < -0.3 is 10.3 Å². The van der Waals surface area contributed by atoms with E-state index in [2.05, 4.69) is 4.79 Å². The molecule has 4 heteroatoms. The molecule has 0 amide bonds. The van der Waals surface area contributed by atoms with Crippen LogP contribution in [0, 0.1) is 0 Å². The second kappa shape index (κ2) is 5.73. The monoisotopic (exact) mass is 204 g/mol. The van der Waals surface area contributed by atoms with Gasteiger partial charge in [0, 0.05) is 6.42 Å². The molecular formula is C11H12N2O2. The molecule has 1 rings (SSSR count). The normalized spacial score (nSPS) is 9.13. The van der Waals surface area contributed by atoms with E-state index in [9.17, 15) is 4.79 Å². The van der Waals surface area contributed by atoms with Crippen molar-refractivity contribution in [1.29, 1.82) is 0 Å². The first-order chi connectivity index (χ1) is 7.27. The summed E-state index contributed by atoms with van der Waals surface area (Å²) in [5, 5.41) is 0. The molecule has 0 saturated carbocycles. The minimum atomic E-state index is -0.394. The van der Waals surface area contributed by atoms with E-state index in [1.54, 1.807) is 24.3 Å². The SMILES string of the molecule is CCCC(=O)OC(=[N+]=[N-])c1ccccc1. The number of hydrogen-bond acceptors (Lipinski definition) is 2. The van der Waals surface area contributed by atoms with Crippen LogP contribution < -0.4 is 0 Å². The van der Waals surface area contributed by atoms with Crippen LogP contribution in [0.25, 0.3) is 5.53 Å². The van der Waals surface area contributed by atoms with Gasteiger partial charge in [0.2, 0.25) is 0 Å². The zero-order chi connectivity index (χ0) is 11.1. The molecule has 0 aliphatic carbocycles. The van der Waals surface area contributed by atoms with E-state index in [1.165, 1.54) is 0 Å². The molecule has 0 radical (unpaired) electrons. The summed E-state index contributed by atoms with van der Waals surface area (Å²) < 4.78 is 4.89. The van der Waals surface area contributed by atoms with Gasteiger partial charge in [0.1, 0.15) is 5.56 Å². The molecule has 0 unspecified atom stereocenters. The van der Waals surface area contributed by atoms with Crippen molar-refractivity contribution in [3.05, 3.63) is 41.4 Å². The number of ether oxygens (including phenoxy) is 1. The molecule has 4 nitrogen and oxygen atoms in total. The topological polar surface area (TPSA) is 62.7 Å². The van der Waals surface area contributed by atoms with E-state index in [0.717, 1.165) is 0 Å². The van der Waals surface area contributed by atoms with Gasteiger partial charge in [0.05, 0.1) is 0 Å². The van der Waals surface area contributed by atoms with Crippen LogP contribution >= 0.6 is 0 Å². The van der Waals surface area contributed by atoms with Gasteiger partial charge in [-0.2, -0.15) is 0 Å². The Morgan fingerprint density at radius 3 is 2.60 bits per heavy atom. The van der Waals surface area contributed by atoms with Gasteiger partial charge in [-0.15, -0.1) is 4.79 Å². The Kier molecular flexibility index (Phi) is 4.26. The molecule has 0 saturated heterocycles. The van der Waals surface area contributed by atoms with Gasteiger partial charge in [0.25, 0.3) is 0 Å². The van der Waals surface area contributed by atoms with Crippen molar-refractivity contribution >= 4 is 11.9 Å². The van der Waals surface area contributed by atoms with Crippen LogP contribution in [-0.2, 0) is 9.53 Å². The highest BCUT2D eigenvalue weighted by Gasteiger charge is 2.17. The van der Waals surface area contributed by atoms with Crippen LogP contribution in [0.3, 0.4) is 0 Å². The Labute approximate surface area is 88.1 Å². The summed E-state index contributed by atoms with van der Waals surface area (Å²) >= 11 is 0. The van der Waals surface area contributed by atoms with Gasteiger partial charge >= 0.3 is 11.9 Å². The average molecular weight is 204 g/mol. The average Bonchev–Trinajstić information content (AvgIpc) is 2.27. The molecule has 0 aliphatic heterocycles. The number of rotatable bonds is 3. The molecule has 78 valence electrons. The van der Waals surface area contributed by atoms with Crippen LogP contribution in [0.1, 0.15) is 25.3 Å². The second-order valence-electron chi connectivity index (χ2n) is 3.00. The molecule has 1 aromatic rings. The van der Waals surface area contributed by atoms with Crippen molar-refractivity contribution in [2.75, 3.05) is 0 Å². The van der Waals surface area contributed by atoms with E-state index >= 15 is 0 Å². The van der Waals surface area contributed by atoms with Crippen LogP contribution in [0.15, 0.2) is 30.3 Å². The van der Waals surface area contributed by atoms with Crippen LogP contribution in [0.5, 0.6) is 0 Å². The van der Waals surface area contributed by atoms with Crippen LogP contribution in [0.2, 0.25) is 0 Å². The summed E-state index contributed by atoms with van der Waals surface area (Å²) in [6.45, 7) is 1.87. The first kappa shape index (κ1) is 11.1. The maximum atomic E-state index is 11.2. The lowest BCUT2D eigenvalue weighted by Crippen LogP contribution is -2.14. The number of esters is 1. The predicted octanol–water partition coefficient (Wildman–Crippen LogP) is 2.01. The third-order valence-electron chi connectivity index (χ3n) is 1.78. The standard InChI is InChI=1S/C11H12N2O2/c1-2-6-10(14)15-11(13-12)9-7-4-3-5-8-9/h3-5,7-8H,2,6H2,1H3. The van der Waals surface area contributed by atoms with Crippen LogP contribution in [-0.4, -0.2) is 16.7 Å². The molecule has 0 bridgehead atoms. The maximum Gasteiger partial charge on any atom is 0.490 e. The number of benzene rings is 1. The third-order valence-corrected chi connectivity index (χ3v) is 1.78. The van der Waals surface area contributed by atoms with E-state index in [0.29, 0.717) is 18.4 Å². The smallest absolute Gasteiger partial charge is 0.358 e. The lowest BCUT2D eigenvalue weighted by molar-refractivity contribution is -0.140. The van der Waals surface area contributed by atoms with Crippen molar-refractivity contribution in [3.63, 3.8) is 0 Å². The zero-order valence-corrected chi connectivity index (χ0v) is 8.51. The molecule has 0 aliphatic rings. The highest BCUT2D eigenvalue weighted by Crippen LogP contribution is 2.02. The molecule has 0 fully saturated rings. The Hall–Kier alpha value is -1.93. The Balaban J connectivity index is 2.75. The van der Waals surface area contributed by atoms with Crippen molar-refractivity contribution in [2.45, 2.75) is 19.8 Å². The van der Waals surface area contributed by atoms with Gasteiger partial charge in [-0.3, -0.25) is 4.79 Å². The van der Waals surface area contributed by atoms with Crippen molar-refractivity contribution in [3.8, 4) is 0 Å². The van der Waals surface area contributed by atoms with Crippen LogP contribution in [0.4, 0.5) is 0 Å². The Morgan fingerprint density at radius 1 is 1.40 bits per heavy atom. The fourth-order valence-corrected chi connectivity index (χ4v) is 1.08. The zero-order valence-electron chi connectivity index (χ0n) is 8.51. The number of carbonyl (C=O) groups excluding carboxylic acids is 1. The lowest BCUT2D eigenvalue weighted by Gasteiger charge is -1.97. The number of hydrogen-bond donors (Lipinski definition) is 0. The maximum absolute atomic E-state index is 11.2. The molecule has 1 aromatic carbocycles. The fourth-order valence-electron chi connectivity index (χ4n) is 1.08. The summed E-state index contributed by atoms with van der Waals surface area (Å²) in [5.74, 6) is -0.455. The third kappa shape index (κ3) is 3.37. The molecule has 15 heavy (non-hydrogen) atoms. The minimum Gasteiger partial charge on any atom is -0.358 e. The Bertz CT molecular complexity index is 381. The highest BCUT2D eigenvalue weighted by atomic mass is 16.5. The molecule has 0 atom stereocenters. The molecule has 0 aromatic heterocycles. The summed E-state index contributed by atoms with van der Waals surface area (Å²) in [7, 11) is 0. The molecular weight excluding hydrogens is 192 g/mol. The highest BCUT2D eigenvalue weighted by molar-refractivity contribution is 5.96. The van der Waals surface area contributed by atoms with E-state index < -0.39 is 5.97 Å². The van der Waals surface area contributed by atoms with Crippen molar-refractivity contribution < 1.29 is 14.3 Å². The lowest BCUT2D eigenvalue weighted by atomic mass is 10.2. The van der Waals surface area contributed by atoms with Gasteiger partial charge in [-0.05, 0) is 18.6 Å². The quantitative estimate of drug-likeness (QED) is 0.248. The van der Waals surface area contributed by atoms with E-state index in [4.69, 9.17) is 10.3 Å². The first-order valence-corrected chi connectivity index (χ1v) is 4.76. The molecule has 0 heterocycles. The van der Waals surface area contributed by atoms with Gasteiger partial charge in [-0.1, -0.05) is 25.1 Å². The number of carbonyl (C=O) groups is 1. The second-order valence-corrected chi connectivity index (χ2v) is 3.00. The molecule has 0 N–H and O–H groups in total. The van der Waals surface area contributed by atoms with E-state index in [-0.39, 0.29) is 5.90 Å². The van der Waals surface area contributed by atoms with Gasteiger partial charge in [-0.25, -0.2) is 0 Å². The van der Waals surface area contributed by atoms with E-state index in [1.807, 2.05) is 13.0 Å². The summed E-state index contributed by atoms with van der Waals surface area (Å²) in [6, 6.07) is 8.78. The summed E-state index contributed by atoms with van der Waals surface area (Å²) in [5.41, 5.74) is 9.28. The molecule has 0 spiro atoms. The predicted molar refractivity (Wildman–Crippen MR) is 55.2 cm³/mol. The first-order valence-electron chi connectivity index (χ1n) is 4.76. The summed E-state index contributed by atoms with van der Waals surface area (Å²) in [6.07, 6.45) is 1.01. The van der Waals surface area contributed by atoms with Gasteiger partial charge in [0.15, 0.2) is 0 Å². The minimum absolute atomic E-state index is 0.0611. The fraction of sp³-hybridized carbons (Fsp3) is 0.273. The number of nitrogens with zero attached hydrogens (tertiary/aromatic N) is 2. The Morgan fingerprint density at radius 2 is 2.07 bits per heavy atom.